The molecule has 2 aromatic carbocycles. The van der Waals surface area contributed by atoms with E-state index < -0.39 is 41.0 Å². The Balaban J connectivity index is 1.67. The number of nitrogens with zero attached hydrogens (tertiary/aromatic N) is 2. The van der Waals surface area contributed by atoms with E-state index in [-0.39, 0.29) is 6.42 Å². The minimum Gasteiger partial charge on any atom is -0.322 e. The van der Waals surface area contributed by atoms with Gasteiger partial charge < -0.3 is 10.6 Å². The third-order valence-electron chi connectivity index (χ3n) is 4.41. The molecule has 142 valence electrons. The van der Waals surface area contributed by atoms with Gasteiger partial charge in [0.05, 0.1) is 18.3 Å². The van der Waals surface area contributed by atoms with Gasteiger partial charge in [-0.05, 0) is 17.7 Å². The Morgan fingerprint density at radius 2 is 1.86 bits per heavy atom. The van der Waals surface area contributed by atoms with E-state index in [1.807, 2.05) is 30.3 Å². The zero-order chi connectivity index (χ0) is 19.8. The van der Waals surface area contributed by atoms with Gasteiger partial charge in [-0.2, -0.15) is 5.10 Å². The molecule has 1 aliphatic rings. The van der Waals surface area contributed by atoms with Crippen LogP contribution < -0.4 is 10.6 Å². The first kappa shape index (κ1) is 17.8. The maximum Gasteiger partial charge on any atom is 0.249 e. The number of anilines is 2. The van der Waals surface area contributed by atoms with Crippen LogP contribution in [0.5, 0.6) is 0 Å². The molecular weight excluding hydrogens is 373 g/mol. The number of hydrogen-bond donors (Lipinski definition) is 2. The first-order valence-corrected chi connectivity index (χ1v) is 8.33. The molecule has 0 saturated heterocycles. The first-order valence-electron chi connectivity index (χ1n) is 8.33. The SMILES string of the molecule is O=C1C[C@H](C(=O)Nc2ccc(F)c(F)c2F)n2ncc(-c3ccccc3)c2N1. The van der Waals surface area contributed by atoms with Crippen molar-refractivity contribution in [3.63, 3.8) is 0 Å². The molecule has 6 nitrogen and oxygen atoms in total. The average molecular weight is 386 g/mol. The molecule has 1 aromatic heterocycles. The molecule has 3 aromatic rings. The summed E-state index contributed by atoms with van der Waals surface area (Å²) in [6, 6.07) is 9.66. The van der Waals surface area contributed by atoms with Crippen molar-refractivity contribution in [2.75, 3.05) is 10.6 Å². The first-order chi connectivity index (χ1) is 13.5. The number of amides is 2. The van der Waals surface area contributed by atoms with Crippen molar-refractivity contribution in [3.8, 4) is 11.1 Å². The summed E-state index contributed by atoms with van der Waals surface area (Å²) in [5.41, 5.74) is 0.883. The van der Waals surface area contributed by atoms with Crippen LogP contribution in [-0.2, 0) is 9.59 Å². The summed E-state index contributed by atoms with van der Waals surface area (Å²) in [4.78, 5) is 24.8. The average Bonchev–Trinajstić information content (AvgIpc) is 3.12. The largest absolute Gasteiger partial charge is 0.322 e. The number of aromatic nitrogens is 2. The van der Waals surface area contributed by atoms with Crippen LogP contribution in [0.4, 0.5) is 24.7 Å². The second kappa shape index (κ2) is 6.84. The smallest absolute Gasteiger partial charge is 0.249 e. The molecule has 4 rings (SSSR count). The van der Waals surface area contributed by atoms with Gasteiger partial charge in [-0.15, -0.1) is 0 Å². The maximum atomic E-state index is 13.9. The van der Waals surface area contributed by atoms with E-state index in [4.69, 9.17) is 0 Å². The lowest BCUT2D eigenvalue weighted by Gasteiger charge is -2.24. The number of carbonyl (C=O) groups excluding carboxylic acids is 2. The zero-order valence-corrected chi connectivity index (χ0v) is 14.2. The Morgan fingerprint density at radius 1 is 1.11 bits per heavy atom. The highest BCUT2D eigenvalue weighted by atomic mass is 19.2. The van der Waals surface area contributed by atoms with E-state index in [0.717, 1.165) is 11.6 Å². The highest BCUT2D eigenvalue weighted by Crippen LogP contribution is 2.34. The van der Waals surface area contributed by atoms with Gasteiger partial charge in [-0.3, -0.25) is 9.59 Å². The monoisotopic (exact) mass is 386 g/mol. The van der Waals surface area contributed by atoms with Gasteiger partial charge >= 0.3 is 0 Å². The molecule has 28 heavy (non-hydrogen) atoms. The van der Waals surface area contributed by atoms with Crippen LogP contribution >= 0.6 is 0 Å². The van der Waals surface area contributed by atoms with E-state index in [9.17, 15) is 22.8 Å². The van der Waals surface area contributed by atoms with Gasteiger partial charge in [0, 0.05) is 5.56 Å². The molecule has 2 heterocycles. The number of carbonyl (C=O) groups is 2. The van der Waals surface area contributed by atoms with E-state index in [1.165, 1.54) is 10.9 Å². The number of rotatable bonds is 3. The third-order valence-corrected chi connectivity index (χ3v) is 4.41. The van der Waals surface area contributed by atoms with Crippen LogP contribution in [0.25, 0.3) is 11.1 Å². The maximum absolute atomic E-state index is 13.9. The predicted molar refractivity (Wildman–Crippen MR) is 94.9 cm³/mol. The molecule has 0 radical (unpaired) electrons. The Labute approximate surface area is 157 Å². The van der Waals surface area contributed by atoms with Crippen molar-refractivity contribution in [1.82, 2.24) is 9.78 Å². The summed E-state index contributed by atoms with van der Waals surface area (Å²) in [6.07, 6.45) is 1.27. The van der Waals surface area contributed by atoms with Gasteiger partial charge in [-0.1, -0.05) is 30.3 Å². The summed E-state index contributed by atoms with van der Waals surface area (Å²) in [6.45, 7) is 0. The fourth-order valence-electron chi connectivity index (χ4n) is 3.04. The molecule has 2 N–H and O–H groups in total. The summed E-state index contributed by atoms with van der Waals surface area (Å²) in [7, 11) is 0. The molecular formula is C19H13F3N4O2. The molecule has 0 saturated carbocycles. The Hall–Kier alpha value is -3.62. The van der Waals surface area contributed by atoms with Gasteiger partial charge in [0.25, 0.3) is 0 Å². The van der Waals surface area contributed by atoms with Crippen molar-refractivity contribution < 1.29 is 22.8 Å². The zero-order valence-electron chi connectivity index (χ0n) is 14.2. The van der Waals surface area contributed by atoms with Crippen molar-refractivity contribution in [2.24, 2.45) is 0 Å². The van der Waals surface area contributed by atoms with Crippen molar-refractivity contribution >= 4 is 23.3 Å². The molecule has 0 fully saturated rings. The second-order valence-corrected chi connectivity index (χ2v) is 6.20. The van der Waals surface area contributed by atoms with E-state index >= 15 is 0 Å². The quantitative estimate of drug-likeness (QED) is 0.677. The summed E-state index contributed by atoms with van der Waals surface area (Å²) in [5.74, 6) is -5.44. The van der Waals surface area contributed by atoms with Gasteiger partial charge in [0.2, 0.25) is 11.8 Å². The lowest BCUT2D eigenvalue weighted by molar-refractivity contribution is -0.125. The van der Waals surface area contributed by atoms with Crippen LogP contribution in [-0.4, -0.2) is 21.6 Å². The minimum absolute atomic E-state index is 0.236. The Kier molecular flexibility index (Phi) is 4.34. The number of fused-ring (bicyclic) bond motifs is 1. The summed E-state index contributed by atoms with van der Waals surface area (Å²) >= 11 is 0. The van der Waals surface area contributed by atoms with Crippen molar-refractivity contribution in [1.29, 1.82) is 0 Å². The fourth-order valence-corrected chi connectivity index (χ4v) is 3.04. The standard InChI is InChI=1S/C19H13F3N4O2/c20-12-6-7-13(17(22)16(12)21)24-19(28)14-8-15(27)25-18-11(9-23-26(14)18)10-4-2-1-3-5-10/h1-7,9,14H,8H2,(H,24,28)(H,25,27)/t14-/m1/s1. The molecule has 1 aliphatic heterocycles. The summed E-state index contributed by atoms with van der Waals surface area (Å²) in [5, 5.41) is 9.06. The van der Waals surface area contributed by atoms with E-state index in [0.29, 0.717) is 17.4 Å². The molecule has 1 atom stereocenters. The predicted octanol–water partition coefficient (Wildman–Crippen LogP) is 3.49. The Morgan fingerprint density at radius 3 is 2.61 bits per heavy atom. The fraction of sp³-hybridized carbons (Fsp3) is 0.105. The number of benzene rings is 2. The number of hydrogen-bond acceptors (Lipinski definition) is 3. The number of nitrogens with one attached hydrogen (secondary N) is 2. The number of halogens is 3. The van der Waals surface area contributed by atoms with Gasteiger partial charge in [0.15, 0.2) is 17.5 Å². The van der Waals surface area contributed by atoms with Crippen LogP contribution in [0.15, 0.2) is 48.7 Å². The second-order valence-electron chi connectivity index (χ2n) is 6.20. The highest BCUT2D eigenvalue weighted by molar-refractivity contribution is 6.03. The van der Waals surface area contributed by atoms with Crippen molar-refractivity contribution in [2.45, 2.75) is 12.5 Å². The molecule has 2 amide bonds. The topological polar surface area (TPSA) is 76.0 Å². The normalized spacial score (nSPS) is 15.7. The molecule has 0 bridgehead atoms. The lowest BCUT2D eigenvalue weighted by atomic mass is 10.1. The van der Waals surface area contributed by atoms with Crippen LogP contribution in [0.2, 0.25) is 0 Å². The summed E-state index contributed by atoms with van der Waals surface area (Å²) < 4.78 is 41.6. The molecule has 0 spiro atoms. The third kappa shape index (κ3) is 3.00. The van der Waals surface area contributed by atoms with Crippen LogP contribution in [0, 0.1) is 17.5 Å². The molecule has 0 unspecified atom stereocenters. The molecule has 9 heteroatoms. The van der Waals surface area contributed by atoms with Crippen molar-refractivity contribution in [3.05, 3.63) is 66.1 Å². The van der Waals surface area contributed by atoms with E-state index in [2.05, 4.69) is 15.7 Å². The highest BCUT2D eigenvalue weighted by Gasteiger charge is 2.33. The van der Waals surface area contributed by atoms with Gasteiger partial charge in [-0.25, -0.2) is 17.9 Å². The van der Waals surface area contributed by atoms with Crippen LogP contribution in [0.3, 0.4) is 0 Å². The molecule has 0 aliphatic carbocycles. The van der Waals surface area contributed by atoms with E-state index in [1.54, 1.807) is 0 Å². The minimum atomic E-state index is -1.69. The van der Waals surface area contributed by atoms with Crippen LogP contribution in [0.1, 0.15) is 12.5 Å². The Bertz CT molecular complexity index is 1080. The van der Waals surface area contributed by atoms with Gasteiger partial charge in [0.1, 0.15) is 11.9 Å². The lowest BCUT2D eigenvalue weighted by Crippen LogP contribution is -2.36.